The number of aryl methyl sites for hydroxylation is 1. The summed E-state index contributed by atoms with van der Waals surface area (Å²) in [6.07, 6.45) is 3.02. The summed E-state index contributed by atoms with van der Waals surface area (Å²) in [6, 6.07) is 12.5. The van der Waals surface area contributed by atoms with Crippen molar-refractivity contribution in [3.8, 4) is 0 Å². The van der Waals surface area contributed by atoms with Crippen molar-refractivity contribution in [2.75, 3.05) is 11.4 Å². The summed E-state index contributed by atoms with van der Waals surface area (Å²) in [5.41, 5.74) is 8.11. The van der Waals surface area contributed by atoms with Crippen molar-refractivity contribution in [2.45, 2.75) is 25.8 Å². The summed E-state index contributed by atoms with van der Waals surface area (Å²) >= 11 is 0. The van der Waals surface area contributed by atoms with E-state index >= 15 is 0 Å². The Hall–Kier alpha value is -3.48. The number of primary amides is 1. The zero-order valence-corrected chi connectivity index (χ0v) is 15.3. The number of aromatic nitrogens is 2. The van der Waals surface area contributed by atoms with E-state index in [0.717, 1.165) is 24.1 Å². The van der Waals surface area contributed by atoms with Crippen molar-refractivity contribution in [1.29, 1.82) is 0 Å². The van der Waals surface area contributed by atoms with Gasteiger partial charge in [0.1, 0.15) is 0 Å². The SMILES string of the molecule is NC(=O)c1cccc2c1CCCN2C(=O)CCn1ncc(=O)c2ccccc21. The molecule has 1 aliphatic rings. The van der Waals surface area contributed by atoms with Crippen LogP contribution in [-0.4, -0.2) is 28.1 Å². The zero-order valence-electron chi connectivity index (χ0n) is 15.3. The Morgan fingerprint density at radius 2 is 1.93 bits per heavy atom. The number of nitrogens with two attached hydrogens (primary N) is 1. The molecule has 0 spiro atoms. The van der Waals surface area contributed by atoms with Crippen LogP contribution in [0.1, 0.15) is 28.8 Å². The Morgan fingerprint density at radius 1 is 1.11 bits per heavy atom. The van der Waals surface area contributed by atoms with E-state index in [1.165, 1.54) is 6.20 Å². The highest BCUT2D eigenvalue weighted by Crippen LogP contribution is 2.30. The van der Waals surface area contributed by atoms with Gasteiger partial charge in [0.05, 0.1) is 18.3 Å². The number of anilines is 1. The molecule has 1 aliphatic heterocycles. The number of benzene rings is 2. The van der Waals surface area contributed by atoms with Gasteiger partial charge in [0, 0.05) is 29.6 Å². The third-order valence-corrected chi connectivity index (χ3v) is 5.12. The molecule has 7 heteroatoms. The van der Waals surface area contributed by atoms with E-state index in [1.807, 2.05) is 18.2 Å². The first-order valence-corrected chi connectivity index (χ1v) is 9.23. The van der Waals surface area contributed by atoms with E-state index in [0.29, 0.717) is 29.6 Å². The van der Waals surface area contributed by atoms with Gasteiger partial charge in [-0.1, -0.05) is 18.2 Å². The van der Waals surface area contributed by atoms with Gasteiger partial charge in [-0.05, 0) is 42.7 Å². The number of hydrogen-bond acceptors (Lipinski definition) is 4. The molecule has 0 radical (unpaired) electrons. The van der Waals surface area contributed by atoms with Gasteiger partial charge in [-0.2, -0.15) is 5.10 Å². The molecule has 7 nitrogen and oxygen atoms in total. The van der Waals surface area contributed by atoms with E-state index < -0.39 is 5.91 Å². The first-order chi connectivity index (χ1) is 13.6. The fraction of sp³-hybridized carbons (Fsp3) is 0.238. The van der Waals surface area contributed by atoms with E-state index in [2.05, 4.69) is 5.10 Å². The molecule has 0 fully saturated rings. The van der Waals surface area contributed by atoms with Crippen LogP contribution in [0.15, 0.2) is 53.5 Å². The van der Waals surface area contributed by atoms with Crippen LogP contribution in [0.2, 0.25) is 0 Å². The topological polar surface area (TPSA) is 98.3 Å². The Balaban J connectivity index is 1.58. The quantitative estimate of drug-likeness (QED) is 0.751. The molecule has 2 heterocycles. The minimum atomic E-state index is -0.477. The van der Waals surface area contributed by atoms with Crippen LogP contribution in [0.25, 0.3) is 10.9 Å². The molecule has 0 aliphatic carbocycles. The molecule has 0 atom stereocenters. The van der Waals surface area contributed by atoms with E-state index in [4.69, 9.17) is 5.73 Å². The average molecular weight is 376 g/mol. The lowest BCUT2D eigenvalue weighted by Crippen LogP contribution is -2.37. The Bertz CT molecular complexity index is 1140. The van der Waals surface area contributed by atoms with E-state index in [1.54, 1.807) is 33.8 Å². The van der Waals surface area contributed by atoms with Crippen LogP contribution in [0.4, 0.5) is 5.69 Å². The molecule has 28 heavy (non-hydrogen) atoms. The predicted octanol–water partition coefficient (Wildman–Crippen LogP) is 1.86. The molecule has 4 rings (SSSR count). The number of hydrogen-bond donors (Lipinski definition) is 1. The van der Waals surface area contributed by atoms with Gasteiger partial charge in [0.15, 0.2) is 0 Å². The first-order valence-electron chi connectivity index (χ1n) is 9.23. The molecule has 142 valence electrons. The lowest BCUT2D eigenvalue weighted by Gasteiger charge is -2.30. The number of amides is 2. The maximum Gasteiger partial charge on any atom is 0.249 e. The fourth-order valence-electron chi connectivity index (χ4n) is 3.79. The highest BCUT2D eigenvalue weighted by molar-refractivity contribution is 6.00. The lowest BCUT2D eigenvalue weighted by atomic mass is 9.95. The third kappa shape index (κ3) is 3.15. The maximum atomic E-state index is 12.9. The molecule has 0 saturated carbocycles. The van der Waals surface area contributed by atoms with E-state index in [-0.39, 0.29) is 17.8 Å². The molecule has 3 aromatic rings. The summed E-state index contributed by atoms with van der Waals surface area (Å²) in [4.78, 5) is 38.3. The first kappa shape index (κ1) is 17.9. The van der Waals surface area contributed by atoms with Crippen LogP contribution in [0.3, 0.4) is 0 Å². The molecule has 0 saturated heterocycles. The average Bonchev–Trinajstić information content (AvgIpc) is 2.72. The molecular weight excluding hydrogens is 356 g/mol. The van der Waals surface area contributed by atoms with E-state index in [9.17, 15) is 14.4 Å². The molecule has 2 aromatic carbocycles. The van der Waals surface area contributed by atoms with Crippen LogP contribution in [-0.2, 0) is 17.8 Å². The number of rotatable bonds is 4. The van der Waals surface area contributed by atoms with Crippen molar-refractivity contribution >= 4 is 28.4 Å². The summed E-state index contributed by atoms with van der Waals surface area (Å²) < 4.78 is 1.68. The zero-order chi connectivity index (χ0) is 19.7. The number of nitrogens with zero attached hydrogens (tertiary/aromatic N) is 3. The second-order valence-corrected chi connectivity index (χ2v) is 6.82. The number of carbonyl (C=O) groups excluding carboxylic acids is 2. The van der Waals surface area contributed by atoms with Crippen LogP contribution in [0, 0.1) is 0 Å². The van der Waals surface area contributed by atoms with Crippen molar-refractivity contribution in [2.24, 2.45) is 5.73 Å². The minimum Gasteiger partial charge on any atom is -0.366 e. The molecular formula is C21H20N4O3. The summed E-state index contributed by atoms with van der Waals surface area (Å²) in [7, 11) is 0. The van der Waals surface area contributed by atoms with Crippen LogP contribution >= 0.6 is 0 Å². The molecule has 2 amide bonds. The van der Waals surface area contributed by atoms with Crippen LogP contribution < -0.4 is 16.1 Å². The van der Waals surface area contributed by atoms with Gasteiger partial charge in [0.25, 0.3) is 0 Å². The van der Waals surface area contributed by atoms with Gasteiger partial charge in [-0.3, -0.25) is 19.1 Å². The third-order valence-electron chi connectivity index (χ3n) is 5.12. The second-order valence-electron chi connectivity index (χ2n) is 6.82. The molecule has 2 N–H and O–H groups in total. The van der Waals surface area contributed by atoms with Crippen molar-refractivity contribution in [1.82, 2.24) is 9.78 Å². The largest absolute Gasteiger partial charge is 0.366 e. The summed E-state index contributed by atoms with van der Waals surface area (Å²) in [5, 5.41) is 4.76. The Labute approximate surface area is 161 Å². The standard InChI is InChI=1S/C21H20N4O3/c22-21(28)15-6-3-9-17-14(15)7-4-11-24(17)20(27)10-12-25-18-8-2-1-5-16(18)19(26)13-23-25/h1-3,5-6,8-9,13H,4,7,10-12H2,(H2,22,28). The van der Waals surface area contributed by atoms with Crippen molar-refractivity contribution in [3.63, 3.8) is 0 Å². The molecule has 0 bridgehead atoms. The number of para-hydroxylation sites is 1. The Morgan fingerprint density at radius 3 is 2.75 bits per heavy atom. The highest BCUT2D eigenvalue weighted by atomic mass is 16.2. The fourth-order valence-corrected chi connectivity index (χ4v) is 3.79. The van der Waals surface area contributed by atoms with Gasteiger partial charge in [-0.25, -0.2) is 0 Å². The summed E-state index contributed by atoms with van der Waals surface area (Å²) in [5.74, 6) is -0.526. The lowest BCUT2D eigenvalue weighted by molar-refractivity contribution is -0.118. The van der Waals surface area contributed by atoms with Crippen molar-refractivity contribution < 1.29 is 9.59 Å². The monoisotopic (exact) mass is 376 g/mol. The molecule has 1 aromatic heterocycles. The predicted molar refractivity (Wildman–Crippen MR) is 106 cm³/mol. The maximum absolute atomic E-state index is 12.9. The van der Waals surface area contributed by atoms with Crippen LogP contribution in [0.5, 0.6) is 0 Å². The smallest absolute Gasteiger partial charge is 0.249 e. The van der Waals surface area contributed by atoms with Crippen molar-refractivity contribution in [3.05, 3.63) is 70.0 Å². The van der Waals surface area contributed by atoms with Gasteiger partial charge >= 0.3 is 0 Å². The highest BCUT2D eigenvalue weighted by Gasteiger charge is 2.25. The number of carbonyl (C=O) groups is 2. The minimum absolute atomic E-state index is 0.0489. The summed E-state index contributed by atoms with van der Waals surface area (Å²) in [6.45, 7) is 0.966. The second kappa shape index (κ2) is 7.26. The number of fused-ring (bicyclic) bond motifs is 2. The normalized spacial score (nSPS) is 13.4. The molecule has 0 unspecified atom stereocenters. The van der Waals surface area contributed by atoms with Gasteiger partial charge < -0.3 is 10.6 Å². The van der Waals surface area contributed by atoms with Gasteiger partial charge in [0.2, 0.25) is 17.2 Å². The Kier molecular flexibility index (Phi) is 4.65. The van der Waals surface area contributed by atoms with Gasteiger partial charge in [-0.15, -0.1) is 0 Å².